The van der Waals surface area contributed by atoms with Gasteiger partial charge in [0, 0.05) is 33.2 Å². The van der Waals surface area contributed by atoms with E-state index in [0.29, 0.717) is 19.6 Å². The smallest absolute Gasteiger partial charge is 0.236 e. The average molecular weight is 376 g/mol. The average Bonchev–Trinajstić information content (AvgIpc) is 2.62. The van der Waals surface area contributed by atoms with Crippen LogP contribution < -0.4 is 5.73 Å². The normalized spacial score (nSPS) is 10.5. The summed E-state index contributed by atoms with van der Waals surface area (Å²) in [5, 5.41) is 0. The molecule has 2 aromatic rings. The zero-order chi connectivity index (χ0) is 18.1. The molecule has 142 valence electrons. The summed E-state index contributed by atoms with van der Waals surface area (Å²) in [6, 6.07) is 18.5. The van der Waals surface area contributed by atoms with Crippen LogP contribution in [0.4, 0.5) is 0 Å². The summed E-state index contributed by atoms with van der Waals surface area (Å²) < 4.78 is 0. The van der Waals surface area contributed by atoms with Gasteiger partial charge in [0.1, 0.15) is 0 Å². The van der Waals surface area contributed by atoms with Crippen molar-refractivity contribution in [3.8, 4) is 0 Å². The van der Waals surface area contributed by atoms with Gasteiger partial charge < -0.3 is 10.6 Å². The summed E-state index contributed by atoms with van der Waals surface area (Å²) in [6.07, 6.45) is 0.926. The quantitative estimate of drug-likeness (QED) is 0.733. The van der Waals surface area contributed by atoms with Gasteiger partial charge in [-0.2, -0.15) is 0 Å². The van der Waals surface area contributed by atoms with Gasteiger partial charge in [-0.05, 0) is 30.0 Å². The van der Waals surface area contributed by atoms with E-state index in [1.54, 1.807) is 4.90 Å². The van der Waals surface area contributed by atoms with E-state index in [0.717, 1.165) is 19.5 Å². The first-order valence-electron chi connectivity index (χ1n) is 8.85. The van der Waals surface area contributed by atoms with Gasteiger partial charge in [-0.1, -0.05) is 54.6 Å². The van der Waals surface area contributed by atoms with Gasteiger partial charge in [-0.3, -0.25) is 9.69 Å². The number of hydrogen-bond acceptors (Lipinski definition) is 3. The molecule has 0 bridgehead atoms. The van der Waals surface area contributed by atoms with Crippen LogP contribution in [-0.2, 0) is 17.8 Å². The van der Waals surface area contributed by atoms with Crippen molar-refractivity contribution in [2.24, 2.45) is 5.73 Å². The van der Waals surface area contributed by atoms with Crippen LogP contribution in [0.15, 0.2) is 54.6 Å². The molecule has 5 heteroatoms. The number of aryl methyl sites for hydroxylation is 1. The summed E-state index contributed by atoms with van der Waals surface area (Å²) in [4.78, 5) is 16.5. The molecule has 0 atom stereocenters. The second-order valence-electron chi connectivity index (χ2n) is 6.48. The highest BCUT2D eigenvalue weighted by molar-refractivity contribution is 5.85. The van der Waals surface area contributed by atoms with Crippen molar-refractivity contribution in [1.29, 1.82) is 0 Å². The van der Waals surface area contributed by atoms with E-state index in [1.165, 1.54) is 16.7 Å². The van der Waals surface area contributed by atoms with Crippen molar-refractivity contribution < 1.29 is 4.79 Å². The summed E-state index contributed by atoms with van der Waals surface area (Å²) in [5.41, 5.74) is 9.41. The minimum absolute atomic E-state index is 0. The molecule has 4 nitrogen and oxygen atoms in total. The number of carbonyl (C=O) groups is 1. The number of amides is 1. The molecule has 0 saturated heterocycles. The van der Waals surface area contributed by atoms with Crippen LogP contribution in [0, 0.1) is 6.92 Å². The Labute approximate surface area is 163 Å². The molecular formula is C21H30ClN3O. The zero-order valence-electron chi connectivity index (χ0n) is 15.7. The van der Waals surface area contributed by atoms with Crippen LogP contribution in [0.5, 0.6) is 0 Å². The molecule has 0 aromatic heterocycles. The lowest BCUT2D eigenvalue weighted by Gasteiger charge is -2.25. The Hall–Kier alpha value is -1.88. The van der Waals surface area contributed by atoms with Crippen LogP contribution in [0.3, 0.4) is 0 Å². The van der Waals surface area contributed by atoms with Gasteiger partial charge in [0.15, 0.2) is 0 Å². The Balaban J connectivity index is 0.00000338. The summed E-state index contributed by atoms with van der Waals surface area (Å²) in [7, 11) is 1.87. The van der Waals surface area contributed by atoms with Gasteiger partial charge in [-0.15, -0.1) is 12.4 Å². The van der Waals surface area contributed by atoms with Crippen molar-refractivity contribution in [3.63, 3.8) is 0 Å². The molecule has 0 fully saturated rings. The lowest BCUT2D eigenvalue weighted by Crippen LogP contribution is -2.41. The Kier molecular flexibility index (Phi) is 9.96. The molecule has 0 saturated carbocycles. The monoisotopic (exact) mass is 375 g/mol. The van der Waals surface area contributed by atoms with Crippen LogP contribution in [-0.4, -0.2) is 48.9 Å². The van der Waals surface area contributed by atoms with E-state index < -0.39 is 0 Å². The molecule has 0 aliphatic rings. The fourth-order valence-corrected chi connectivity index (χ4v) is 2.83. The Bertz CT molecular complexity index is 663. The predicted octanol–water partition coefficient (Wildman–Crippen LogP) is 2.88. The second-order valence-corrected chi connectivity index (χ2v) is 6.48. The van der Waals surface area contributed by atoms with E-state index in [4.69, 9.17) is 5.73 Å². The number of nitrogens with two attached hydrogens (primary N) is 1. The number of halogens is 1. The molecule has 0 radical (unpaired) electrons. The van der Waals surface area contributed by atoms with Crippen molar-refractivity contribution in [2.75, 3.05) is 33.2 Å². The van der Waals surface area contributed by atoms with E-state index in [2.05, 4.69) is 36.1 Å². The molecular weight excluding hydrogens is 346 g/mol. The molecule has 1 amide bonds. The number of benzene rings is 2. The molecule has 26 heavy (non-hydrogen) atoms. The van der Waals surface area contributed by atoms with Gasteiger partial charge in [-0.25, -0.2) is 0 Å². The first-order chi connectivity index (χ1) is 12.1. The van der Waals surface area contributed by atoms with Crippen molar-refractivity contribution in [1.82, 2.24) is 9.80 Å². The maximum absolute atomic E-state index is 12.6. The molecule has 0 unspecified atom stereocenters. The first kappa shape index (κ1) is 22.2. The Morgan fingerprint density at radius 2 is 1.65 bits per heavy atom. The van der Waals surface area contributed by atoms with Crippen LogP contribution in [0.25, 0.3) is 0 Å². The Morgan fingerprint density at radius 1 is 1.00 bits per heavy atom. The van der Waals surface area contributed by atoms with Crippen LogP contribution in [0.1, 0.15) is 16.7 Å². The van der Waals surface area contributed by atoms with Crippen LogP contribution in [0.2, 0.25) is 0 Å². The number of carbonyl (C=O) groups excluding carboxylic acids is 1. The van der Waals surface area contributed by atoms with Crippen molar-refractivity contribution in [2.45, 2.75) is 19.9 Å². The summed E-state index contributed by atoms with van der Waals surface area (Å²) in [6.45, 7) is 5.26. The maximum Gasteiger partial charge on any atom is 0.236 e. The topological polar surface area (TPSA) is 49.6 Å². The second kappa shape index (κ2) is 11.7. The highest BCUT2D eigenvalue weighted by Gasteiger charge is 2.15. The third kappa shape index (κ3) is 7.16. The largest absolute Gasteiger partial charge is 0.340 e. The van der Waals surface area contributed by atoms with Gasteiger partial charge >= 0.3 is 0 Å². The molecule has 2 N–H and O–H groups in total. The highest BCUT2D eigenvalue weighted by atomic mass is 35.5. The number of nitrogens with zero attached hydrogens (tertiary/aromatic N) is 2. The highest BCUT2D eigenvalue weighted by Crippen LogP contribution is 2.10. The molecule has 2 rings (SSSR count). The standard InChI is InChI=1S/C21H29N3O.ClH/c1-18-8-6-7-11-20(18)16-23(2)21(25)17-24(15-13-22)14-12-19-9-4-3-5-10-19;/h3-11H,12-17,22H2,1-2H3;1H. The third-order valence-corrected chi connectivity index (χ3v) is 4.46. The lowest BCUT2D eigenvalue weighted by molar-refractivity contribution is -0.131. The van der Waals surface area contributed by atoms with Gasteiger partial charge in [0.25, 0.3) is 0 Å². The van der Waals surface area contributed by atoms with E-state index in [1.807, 2.05) is 37.4 Å². The van der Waals surface area contributed by atoms with Gasteiger partial charge in [0.2, 0.25) is 5.91 Å². The van der Waals surface area contributed by atoms with E-state index >= 15 is 0 Å². The summed E-state index contributed by atoms with van der Waals surface area (Å²) in [5.74, 6) is 0.129. The molecule has 0 heterocycles. The fraction of sp³-hybridized carbons (Fsp3) is 0.381. The zero-order valence-corrected chi connectivity index (χ0v) is 16.5. The molecule has 2 aromatic carbocycles. The van der Waals surface area contributed by atoms with Gasteiger partial charge in [0.05, 0.1) is 6.54 Å². The SMILES string of the molecule is Cc1ccccc1CN(C)C(=O)CN(CCN)CCc1ccccc1.Cl. The number of hydrogen-bond donors (Lipinski definition) is 1. The first-order valence-corrected chi connectivity index (χ1v) is 8.85. The van der Waals surface area contributed by atoms with Crippen molar-refractivity contribution >= 4 is 18.3 Å². The molecule has 0 aliphatic carbocycles. The molecule has 0 spiro atoms. The summed E-state index contributed by atoms with van der Waals surface area (Å²) >= 11 is 0. The maximum atomic E-state index is 12.6. The number of rotatable bonds is 9. The number of likely N-dealkylation sites (N-methyl/N-ethyl adjacent to an activating group) is 1. The minimum atomic E-state index is 0. The third-order valence-electron chi connectivity index (χ3n) is 4.46. The van der Waals surface area contributed by atoms with E-state index in [-0.39, 0.29) is 18.3 Å². The van der Waals surface area contributed by atoms with Crippen LogP contribution >= 0.6 is 12.4 Å². The lowest BCUT2D eigenvalue weighted by atomic mass is 10.1. The molecule has 0 aliphatic heterocycles. The predicted molar refractivity (Wildman–Crippen MR) is 111 cm³/mol. The Morgan fingerprint density at radius 3 is 2.31 bits per heavy atom. The van der Waals surface area contributed by atoms with E-state index in [9.17, 15) is 4.79 Å². The van der Waals surface area contributed by atoms with Crippen molar-refractivity contribution in [3.05, 3.63) is 71.3 Å². The fourth-order valence-electron chi connectivity index (χ4n) is 2.83. The minimum Gasteiger partial charge on any atom is -0.340 e.